The second-order valence-corrected chi connectivity index (χ2v) is 5.88. The van der Waals surface area contributed by atoms with Crippen LogP contribution in [0.5, 0.6) is 0 Å². The lowest BCUT2D eigenvalue weighted by Crippen LogP contribution is -2.45. The van der Waals surface area contributed by atoms with Gasteiger partial charge in [0.05, 0.1) is 21.9 Å². The van der Waals surface area contributed by atoms with Crippen LogP contribution >= 0.6 is 11.6 Å². The maximum absolute atomic E-state index is 12.2. The molecule has 1 heterocycles. The maximum Gasteiger partial charge on any atom is 0.253 e. The third kappa shape index (κ3) is 3.39. The van der Waals surface area contributed by atoms with Crippen LogP contribution in [0.3, 0.4) is 0 Å². The molecule has 104 valence electrons. The zero-order valence-corrected chi connectivity index (χ0v) is 12.0. The molecule has 2 rings (SSSR count). The van der Waals surface area contributed by atoms with E-state index >= 15 is 0 Å². The van der Waals surface area contributed by atoms with E-state index in [1.54, 1.807) is 18.2 Å². The molecule has 3 N–H and O–H groups in total. The molecule has 1 aromatic carbocycles. The molecule has 1 aliphatic heterocycles. The zero-order valence-electron chi connectivity index (χ0n) is 11.2. The van der Waals surface area contributed by atoms with Gasteiger partial charge in [-0.25, -0.2) is 0 Å². The lowest BCUT2D eigenvalue weighted by molar-refractivity contribution is -0.0615. The van der Waals surface area contributed by atoms with Gasteiger partial charge in [-0.15, -0.1) is 0 Å². The summed E-state index contributed by atoms with van der Waals surface area (Å²) in [5.41, 5.74) is 6.38. The zero-order chi connectivity index (χ0) is 14.0. The van der Waals surface area contributed by atoms with E-state index in [4.69, 9.17) is 22.1 Å². The Bertz CT molecular complexity index is 488. The molecular formula is C14H19ClN2O2. The molecule has 0 aromatic heterocycles. The number of ether oxygens (including phenoxy) is 1. The van der Waals surface area contributed by atoms with E-state index in [2.05, 4.69) is 5.32 Å². The van der Waals surface area contributed by atoms with Gasteiger partial charge in [0.1, 0.15) is 0 Å². The van der Waals surface area contributed by atoms with Crippen molar-refractivity contribution >= 4 is 23.2 Å². The highest BCUT2D eigenvalue weighted by Crippen LogP contribution is 2.26. The van der Waals surface area contributed by atoms with Crippen LogP contribution in [0, 0.1) is 0 Å². The Kier molecular flexibility index (Phi) is 4.02. The van der Waals surface area contributed by atoms with Crippen molar-refractivity contribution in [3.05, 3.63) is 28.8 Å². The fourth-order valence-electron chi connectivity index (χ4n) is 2.35. The quantitative estimate of drug-likeness (QED) is 0.820. The first-order valence-electron chi connectivity index (χ1n) is 6.38. The van der Waals surface area contributed by atoms with Crippen molar-refractivity contribution in [2.75, 3.05) is 12.3 Å². The van der Waals surface area contributed by atoms with Gasteiger partial charge in [0.25, 0.3) is 5.91 Å². The van der Waals surface area contributed by atoms with Gasteiger partial charge in [-0.3, -0.25) is 4.79 Å². The molecule has 1 fully saturated rings. The Morgan fingerprint density at radius 1 is 1.53 bits per heavy atom. The Hall–Kier alpha value is -1.26. The fraction of sp³-hybridized carbons (Fsp3) is 0.500. The van der Waals surface area contributed by atoms with Crippen molar-refractivity contribution in [1.29, 1.82) is 0 Å². The van der Waals surface area contributed by atoms with Crippen molar-refractivity contribution in [3.63, 3.8) is 0 Å². The Morgan fingerprint density at radius 2 is 2.26 bits per heavy atom. The second-order valence-electron chi connectivity index (χ2n) is 5.47. The molecule has 1 aliphatic rings. The lowest BCUT2D eigenvalue weighted by Gasteiger charge is -2.35. The normalized spacial score (nSPS) is 21.9. The van der Waals surface area contributed by atoms with E-state index in [1.807, 2.05) is 13.8 Å². The average Bonchev–Trinajstić information content (AvgIpc) is 2.31. The third-order valence-electron chi connectivity index (χ3n) is 3.33. The molecule has 0 bridgehead atoms. The number of halogens is 1. The summed E-state index contributed by atoms with van der Waals surface area (Å²) in [6.45, 7) is 4.71. The number of amides is 1. The van der Waals surface area contributed by atoms with Gasteiger partial charge in [-0.2, -0.15) is 0 Å². The molecule has 0 saturated carbocycles. The molecule has 0 radical (unpaired) electrons. The number of nitrogen functional groups attached to an aromatic ring is 1. The summed E-state index contributed by atoms with van der Waals surface area (Å²) < 4.78 is 5.63. The van der Waals surface area contributed by atoms with Gasteiger partial charge < -0.3 is 15.8 Å². The van der Waals surface area contributed by atoms with Gasteiger partial charge in [0.15, 0.2) is 0 Å². The number of hydrogen-bond acceptors (Lipinski definition) is 3. The number of nitrogens with two attached hydrogens (primary N) is 1. The van der Waals surface area contributed by atoms with Crippen LogP contribution in [0.4, 0.5) is 5.69 Å². The van der Waals surface area contributed by atoms with E-state index in [9.17, 15) is 4.79 Å². The molecule has 4 nitrogen and oxygen atoms in total. The monoisotopic (exact) mass is 282 g/mol. The highest BCUT2D eigenvalue weighted by Gasteiger charge is 2.30. The molecule has 19 heavy (non-hydrogen) atoms. The SMILES string of the molecule is CC1(C)CC(NC(=O)c2cccc(Cl)c2N)CCO1. The summed E-state index contributed by atoms with van der Waals surface area (Å²) in [4.78, 5) is 12.2. The first-order valence-corrected chi connectivity index (χ1v) is 6.76. The number of benzene rings is 1. The third-order valence-corrected chi connectivity index (χ3v) is 3.66. The maximum atomic E-state index is 12.2. The fourth-order valence-corrected chi connectivity index (χ4v) is 2.53. The predicted molar refractivity (Wildman–Crippen MR) is 76.4 cm³/mol. The molecule has 1 amide bonds. The number of para-hydroxylation sites is 1. The number of hydrogen-bond donors (Lipinski definition) is 2. The van der Waals surface area contributed by atoms with Gasteiger partial charge in [-0.1, -0.05) is 17.7 Å². The molecule has 1 aromatic rings. The van der Waals surface area contributed by atoms with Crippen LogP contribution in [-0.2, 0) is 4.74 Å². The smallest absolute Gasteiger partial charge is 0.253 e. The highest BCUT2D eigenvalue weighted by molar-refractivity contribution is 6.33. The van der Waals surface area contributed by atoms with Crippen LogP contribution in [-0.4, -0.2) is 24.2 Å². The van der Waals surface area contributed by atoms with Crippen molar-refractivity contribution in [2.45, 2.75) is 38.3 Å². The minimum Gasteiger partial charge on any atom is -0.397 e. The highest BCUT2D eigenvalue weighted by atomic mass is 35.5. The van der Waals surface area contributed by atoms with Crippen molar-refractivity contribution < 1.29 is 9.53 Å². The van der Waals surface area contributed by atoms with E-state index in [-0.39, 0.29) is 17.6 Å². The van der Waals surface area contributed by atoms with Crippen molar-refractivity contribution in [3.8, 4) is 0 Å². The summed E-state index contributed by atoms with van der Waals surface area (Å²) in [5, 5.41) is 3.40. The number of carbonyl (C=O) groups excluding carboxylic acids is 1. The summed E-state index contributed by atoms with van der Waals surface area (Å²) in [6, 6.07) is 5.18. The number of anilines is 1. The van der Waals surface area contributed by atoms with Gasteiger partial charge in [0.2, 0.25) is 0 Å². The van der Waals surface area contributed by atoms with E-state index in [0.717, 1.165) is 12.8 Å². The van der Waals surface area contributed by atoms with E-state index in [0.29, 0.717) is 22.9 Å². The predicted octanol–water partition coefficient (Wildman–Crippen LogP) is 2.61. The van der Waals surface area contributed by atoms with Gasteiger partial charge >= 0.3 is 0 Å². The number of carbonyl (C=O) groups is 1. The first kappa shape index (κ1) is 14.2. The molecule has 0 spiro atoms. The van der Waals surface area contributed by atoms with Crippen molar-refractivity contribution in [1.82, 2.24) is 5.32 Å². The van der Waals surface area contributed by atoms with Crippen LogP contribution in [0.2, 0.25) is 5.02 Å². The number of nitrogens with one attached hydrogen (secondary N) is 1. The standard InChI is InChI=1S/C14H19ClN2O2/c1-14(2)8-9(6-7-19-14)17-13(18)10-4-3-5-11(15)12(10)16/h3-5,9H,6-8,16H2,1-2H3,(H,17,18). The first-order chi connectivity index (χ1) is 8.89. The van der Waals surface area contributed by atoms with Crippen LogP contribution in [0.1, 0.15) is 37.0 Å². The van der Waals surface area contributed by atoms with Crippen LogP contribution in [0.15, 0.2) is 18.2 Å². The summed E-state index contributed by atoms with van der Waals surface area (Å²) in [5.74, 6) is -0.178. The van der Waals surface area contributed by atoms with Gasteiger partial charge in [-0.05, 0) is 38.8 Å². The second kappa shape index (κ2) is 5.39. The topological polar surface area (TPSA) is 64.4 Å². The number of rotatable bonds is 2. The van der Waals surface area contributed by atoms with Crippen LogP contribution in [0.25, 0.3) is 0 Å². The minimum absolute atomic E-state index is 0.106. The van der Waals surface area contributed by atoms with Crippen molar-refractivity contribution in [2.24, 2.45) is 0 Å². The summed E-state index contributed by atoms with van der Waals surface area (Å²) >= 11 is 5.92. The molecule has 1 atom stereocenters. The Balaban J connectivity index is 2.07. The summed E-state index contributed by atoms with van der Waals surface area (Å²) in [6.07, 6.45) is 1.61. The molecular weight excluding hydrogens is 264 g/mol. The minimum atomic E-state index is -0.198. The molecule has 1 unspecified atom stereocenters. The Morgan fingerprint density at radius 3 is 2.95 bits per heavy atom. The molecule has 5 heteroatoms. The lowest BCUT2D eigenvalue weighted by atomic mass is 9.93. The largest absolute Gasteiger partial charge is 0.397 e. The van der Waals surface area contributed by atoms with Crippen LogP contribution < -0.4 is 11.1 Å². The van der Waals surface area contributed by atoms with Gasteiger partial charge in [0, 0.05) is 12.6 Å². The average molecular weight is 283 g/mol. The Labute approximate surface area is 118 Å². The van der Waals surface area contributed by atoms with E-state index < -0.39 is 0 Å². The molecule has 1 saturated heterocycles. The summed E-state index contributed by atoms with van der Waals surface area (Å²) in [7, 11) is 0. The van der Waals surface area contributed by atoms with E-state index in [1.165, 1.54) is 0 Å². The molecule has 0 aliphatic carbocycles.